The van der Waals surface area contributed by atoms with Crippen molar-refractivity contribution in [2.45, 2.75) is 58.5 Å². The summed E-state index contributed by atoms with van der Waals surface area (Å²) in [5.41, 5.74) is -0.427. The number of hydrogen-bond acceptors (Lipinski definition) is 4. The highest BCUT2D eigenvalue weighted by Crippen LogP contribution is 2.16. The molecule has 5 heteroatoms. The van der Waals surface area contributed by atoms with E-state index in [0.29, 0.717) is 19.6 Å². The van der Waals surface area contributed by atoms with Crippen molar-refractivity contribution < 1.29 is 19.1 Å². The van der Waals surface area contributed by atoms with Crippen molar-refractivity contribution >= 4 is 12.6 Å². The van der Waals surface area contributed by atoms with Crippen LogP contribution in [0, 0.1) is 0 Å². The van der Waals surface area contributed by atoms with Crippen LogP contribution in [-0.4, -0.2) is 31.3 Å². The van der Waals surface area contributed by atoms with Crippen molar-refractivity contribution in [3.8, 4) is 0 Å². The van der Waals surface area contributed by atoms with Crippen LogP contribution in [0.15, 0.2) is 0 Å². The van der Waals surface area contributed by atoms with Crippen LogP contribution >= 0.6 is 0 Å². The second-order valence-electron chi connectivity index (χ2n) is 4.85. The predicted octanol–water partition coefficient (Wildman–Crippen LogP) is 2.63. The van der Waals surface area contributed by atoms with E-state index in [-0.39, 0.29) is 6.09 Å². The highest BCUT2D eigenvalue weighted by molar-refractivity contribution is 5.66. The Morgan fingerprint density at radius 2 is 2.00 bits per heavy atom. The van der Waals surface area contributed by atoms with Gasteiger partial charge in [-0.05, 0) is 39.5 Å². The Morgan fingerprint density at radius 1 is 1.28 bits per heavy atom. The van der Waals surface area contributed by atoms with Crippen LogP contribution in [0.4, 0.5) is 4.79 Å². The first kappa shape index (κ1) is 16.7. The summed E-state index contributed by atoms with van der Waals surface area (Å²) >= 11 is 0. The van der Waals surface area contributed by atoms with E-state index < -0.39 is 5.60 Å². The number of carbonyl (C=O) groups is 2. The minimum absolute atomic E-state index is 0.355. The van der Waals surface area contributed by atoms with Gasteiger partial charge in [-0.1, -0.05) is 13.3 Å². The second-order valence-corrected chi connectivity index (χ2v) is 4.85. The Balaban J connectivity index is 3.44. The van der Waals surface area contributed by atoms with Gasteiger partial charge >= 0.3 is 6.09 Å². The zero-order chi connectivity index (χ0) is 13.9. The summed E-state index contributed by atoms with van der Waals surface area (Å²) in [4.78, 5) is 21.4. The number of ether oxygens (including phenoxy) is 2. The van der Waals surface area contributed by atoms with Gasteiger partial charge in [0.25, 0.3) is 6.47 Å². The van der Waals surface area contributed by atoms with Gasteiger partial charge in [-0.3, -0.25) is 4.79 Å². The number of carbonyl (C=O) groups excluding carboxylic acids is 2. The minimum Gasteiger partial charge on any atom is -0.462 e. The van der Waals surface area contributed by atoms with Crippen LogP contribution in [0.1, 0.15) is 52.9 Å². The summed E-state index contributed by atoms with van der Waals surface area (Å²) in [6.07, 6.45) is 4.05. The Bertz CT molecular complexity index is 241. The molecule has 0 radical (unpaired) electrons. The van der Waals surface area contributed by atoms with Crippen molar-refractivity contribution in [3.05, 3.63) is 0 Å². The van der Waals surface area contributed by atoms with Gasteiger partial charge in [-0.15, -0.1) is 0 Å². The van der Waals surface area contributed by atoms with Crippen LogP contribution in [0.3, 0.4) is 0 Å². The fraction of sp³-hybridized carbons (Fsp3) is 0.846. The molecule has 0 aliphatic rings. The van der Waals surface area contributed by atoms with E-state index in [9.17, 15) is 9.59 Å². The SMILES string of the molecule is CCCCOC(=O)NCCCCC(C)(C)OC=O. The van der Waals surface area contributed by atoms with Gasteiger partial charge in [-0.2, -0.15) is 0 Å². The number of hydrogen-bond donors (Lipinski definition) is 1. The molecule has 0 heterocycles. The molecule has 0 saturated carbocycles. The molecule has 0 atom stereocenters. The first-order valence-electron chi connectivity index (χ1n) is 6.54. The van der Waals surface area contributed by atoms with Crippen molar-refractivity contribution in [1.82, 2.24) is 5.32 Å². The monoisotopic (exact) mass is 259 g/mol. The minimum atomic E-state index is -0.427. The molecular formula is C13H25NO4. The molecule has 0 saturated heterocycles. The van der Waals surface area contributed by atoms with Crippen LogP contribution in [0.25, 0.3) is 0 Å². The molecule has 5 nitrogen and oxygen atoms in total. The predicted molar refractivity (Wildman–Crippen MR) is 69.3 cm³/mol. The zero-order valence-corrected chi connectivity index (χ0v) is 11.7. The molecule has 1 amide bonds. The molecule has 0 bridgehead atoms. The second kappa shape index (κ2) is 9.74. The molecule has 0 rings (SSSR count). The van der Waals surface area contributed by atoms with Crippen molar-refractivity contribution in [1.29, 1.82) is 0 Å². The summed E-state index contributed by atoms with van der Waals surface area (Å²) in [5, 5.41) is 2.69. The fourth-order valence-corrected chi connectivity index (χ4v) is 1.42. The van der Waals surface area contributed by atoms with Gasteiger partial charge < -0.3 is 14.8 Å². The first-order chi connectivity index (χ1) is 8.52. The molecule has 106 valence electrons. The number of unbranched alkanes of at least 4 members (excludes halogenated alkanes) is 2. The van der Waals surface area contributed by atoms with E-state index in [1.807, 2.05) is 20.8 Å². The molecule has 1 N–H and O–H groups in total. The van der Waals surface area contributed by atoms with Crippen molar-refractivity contribution in [3.63, 3.8) is 0 Å². The standard InChI is InChI=1S/C13H25NO4/c1-4-5-10-17-12(16)14-9-7-6-8-13(2,3)18-11-15/h11H,4-10H2,1-3H3,(H,14,16). The van der Waals surface area contributed by atoms with Gasteiger partial charge in [0, 0.05) is 6.54 Å². The molecule has 18 heavy (non-hydrogen) atoms. The van der Waals surface area contributed by atoms with E-state index in [2.05, 4.69) is 5.32 Å². The molecule has 0 unspecified atom stereocenters. The molecule has 0 aliphatic carbocycles. The molecular weight excluding hydrogens is 234 g/mol. The average Bonchev–Trinajstić information content (AvgIpc) is 2.28. The summed E-state index contributed by atoms with van der Waals surface area (Å²) in [7, 11) is 0. The molecule has 0 spiro atoms. The lowest BCUT2D eigenvalue weighted by Gasteiger charge is -2.22. The van der Waals surface area contributed by atoms with Gasteiger partial charge in [0.2, 0.25) is 0 Å². The normalized spacial score (nSPS) is 10.8. The topological polar surface area (TPSA) is 64.6 Å². The highest BCUT2D eigenvalue weighted by atomic mass is 16.5. The van der Waals surface area contributed by atoms with E-state index in [4.69, 9.17) is 9.47 Å². The van der Waals surface area contributed by atoms with Gasteiger partial charge in [0.1, 0.15) is 5.60 Å². The lowest BCUT2D eigenvalue weighted by molar-refractivity contribution is -0.140. The Morgan fingerprint density at radius 3 is 2.61 bits per heavy atom. The largest absolute Gasteiger partial charge is 0.462 e. The number of nitrogens with one attached hydrogen (secondary N) is 1. The number of amides is 1. The van der Waals surface area contributed by atoms with Crippen molar-refractivity contribution in [2.75, 3.05) is 13.2 Å². The molecule has 0 aliphatic heterocycles. The Kier molecular flexibility index (Phi) is 9.06. The fourth-order valence-electron chi connectivity index (χ4n) is 1.42. The lowest BCUT2D eigenvalue weighted by atomic mass is 10.0. The maximum absolute atomic E-state index is 11.2. The number of rotatable bonds is 10. The third-order valence-electron chi connectivity index (χ3n) is 2.57. The van der Waals surface area contributed by atoms with Crippen molar-refractivity contribution in [2.24, 2.45) is 0 Å². The third-order valence-corrected chi connectivity index (χ3v) is 2.57. The maximum atomic E-state index is 11.2. The summed E-state index contributed by atoms with van der Waals surface area (Å²) in [6.45, 7) is 7.32. The lowest BCUT2D eigenvalue weighted by Crippen LogP contribution is -2.27. The first-order valence-corrected chi connectivity index (χ1v) is 6.54. The third kappa shape index (κ3) is 9.93. The van der Waals surface area contributed by atoms with Crippen LogP contribution in [0.5, 0.6) is 0 Å². The molecule has 0 fully saturated rings. The average molecular weight is 259 g/mol. The summed E-state index contributed by atoms with van der Waals surface area (Å²) in [6, 6.07) is 0. The number of alkyl carbamates (subject to hydrolysis) is 1. The van der Waals surface area contributed by atoms with Gasteiger partial charge in [0.15, 0.2) is 0 Å². The smallest absolute Gasteiger partial charge is 0.407 e. The Labute approximate surface area is 109 Å². The zero-order valence-electron chi connectivity index (χ0n) is 11.7. The Hall–Kier alpha value is -1.26. The van der Waals surface area contributed by atoms with Crippen LogP contribution in [0.2, 0.25) is 0 Å². The summed E-state index contributed by atoms with van der Waals surface area (Å²) in [5.74, 6) is 0. The van der Waals surface area contributed by atoms with E-state index in [0.717, 1.165) is 32.1 Å². The maximum Gasteiger partial charge on any atom is 0.407 e. The van der Waals surface area contributed by atoms with E-state index >= 15 is 0 Å². The quantitative estimate of drug-likeness (QED) is 0.484. The van der Waals surface area contributed by atoms with E-state index in [1.165, 1.54) is 0 Å². The van der Waals surface area contributed by atoms with Gasteiger partial charge in [0.05, 0.1) is 6.61 Å². The van der Waals surface area contributed by atoms with Gasteiger partial charge in [-0.25, -0.2) is 4.79 Å². The molecule has 0 aromatic rings. The molecule has 0 aromatic heterocycles. The summed E-state index contributed by atoms with van der Waals surface area (Å²) < 4.78 is 9.88. The van der Waals surface area contributed by atoms with E-state index in [1.54, 1.807) is 0 Å². The highest BCUT2D eigenvalue weighted by Gasteiger charge is 2.17. The van der Waals surface area contributed by atoms with Crippen LogP contribution < -0.4 is 5.32 Å². The van der Waals surface area contributed by atoms with Crippen LogP contribution in [-0.2, 0) is 14.3 Å². The molecule has 0 aromatic carbocycles.